The Hall–Kier alpha value is -1.36. The fourth-order valence-corrected chi connectivity index (χ4v) is 3.11. The third-order valence-electron chi connectivity index (χ3n) is 4.16. The normalized spacial score (nSPS) is 26.5. The second-order valence-electron chi connectivity index (χ2n) is 5.16. The molecular weight excluding hydrogens is 230 g/mol. The van der Waals surface area contributed by atoms with Crippen LogP contribution in [0, 0.1) is 0 Å². The summed E-state index contributed by atoms with van der Waals surface area (Å²) in [6.45, 7) is 2.55. The molecule has 0 bridgehead atoms. The van der Waals surface area contributed by atoms with Gasteiger partial charge in [-0.1, -0.05) is 0 Å². The number of nitrogens with zero attached hydrogens (tertiary/aromatic N) is 3. The lowest BCUT2D eigenvalue weighted by molar-refractivity contribution is -0.142. The largest absolute Gasteiger partial charge is 0.464 e. The van der Waals surface area contributed by atoms with Gasteiger partial charge in [-0.15, -0.1) is 0 Å². The fourth-order valence-electron chi connectivity index (χ4n) is 3.11. The number of rotatable bonds is 2. The number of hydrogen-bond acceptors (Lipinski definition) is 4. The van der Waals surface area contributed by atoms with Crippen LogP contribution in [0.3, 0.4) is 0 Å². The maximum absolute atomic E-state index is 11.6. The Bertz CT molecular complexity index is 435. The molecule has 0 amide bonds. The highest BCUT2D eigenvalue weighted by Gasteiger charge is 2.34. The summed E-state index contributed by atoms with van der Waals surface area (Å²) in [6, 6.07) is 2.11. The molecule has 5 nitrogen and oxygen atoms in total. The monoisotopic (exact) mass is 249 g/mol. The highest BCUT2D eigenvalue weighted by Crippen LogP contribution is 2.29. The van der Waals surface area contributed by atoms with Crippen LogP contribution in [0.4, 0.5) is 0 Å². The molecule has 0 spiro atoms. The van der Waals surface area contributed by atoms with Gasteiger partial charge in [0.05, 0.1) is 6.61 Å². The summed E-state index contributed by atoms with van der Waals surface area (Å²) in [6.07, 6.45) is 4.91. The smallest absolute Gasteiger partial charge is 0.323 e. The summed E-state index contributed by atoms with van der Waals surface area (Å²) < 4.78 is 7.00. The van der Waals surface area contributed by atoms with E-state index in [-0.39, 0.29) is 12.0 Å². The second-order valence-corrected chi connectivity index (χ2v) is 5.16. The first-order valence-corrected chi connectivity index (χ1v) is 6.64. The number of ether oxygens (including phenoxy) is 1. The van der Waals surface area contributed by atoms with Crippen LogP contribution in [0.5, 0.6) is 0 Å². The molecule has 0 unspecified atom stereocenters. The van der Waals surface area contributed by atoms with E-state index in [9.17, 15) is 4.79 Å². The van der Waals surface area contributed by atoms with Gasteiger partial charge in [0.25, 0.3) is 0 Å². The van der Waals surface area contributed by atoms with Gasteiger partial charge in [0.2, 0.25) is 0 Å². The Balaban J connectivity index is 1.61. The highest BCUT2D eigenvalue weighted by molar-refractivity contribution is 5.77. The molecule has 98 valence electrons. The fraction of sp³-hybridized carbons (Fsp3) is 0.692. The van der Waals surface area contributed by atoms with E-state index in [2.05, 4.69) is 16.1 Å². The third-order valence-corrected chi connectivity index (χ3v) is 4.16. The zero-order chi connectivity index (χ0) is 12.5. The molecule has 0 saturated carbocycles. The second kappa shape index (κ2) is 4.72. The summed E-state index contributed by atoms with van der Waals surface area (Å²) in [7, 11) is 2.00. The summed E-state index contributed by atoms with van der Waals surface area (Å²) in [4.78, 5) is 13.8. The van der Waals surface area contributed by atoms with E-state index in [0.29, 0.717) is 12.5 Å². The zero-order valence-electron chi connectivity index (χ0n) is 10.7. The molecule has 3 rings (SSSR count). The Labute approximate surface area is 107 Å². The number of likely N-dealkylation sites (tertiary alicyclic amines) is 1. The van der Waals surface area contributed by atoms with Crippen molar-refractivity contribution in [1.82, 2.24) is 14.7 Å². The molecule has 2 aliphatic rings. The first kappa shape index (κ1) is 11.7. The van der Waals surface area contributed by atoms with E-state index in [1.54, 1.807) is 0 Å². The van der Waals surface area contributed by atoms with Crippen LogP contribution in [-0.2, 0) is 16.6 Å². The average molecular weight is 249 g/mol. The van der Waals surface area contributed by atoms with Crippen LogP contribution in [0.2, 0.25) is 0 Å². The molecule has 5 heteroatoms. The van der Waals surface area contributed by atoms with Crippen molar-refractivity contribution in [3.05, 3.63) is 18.0 Å². The van der Waals surface area contributed by atoms with Crippen LogP contribution < -0.4 is 0 Å². The van der Waals surface area contributed by atoms with Crippen LogP contribution in [0.15, 0.2) is 12.3 Å². The number of carbonyl (C=O) groups is 1. The number of hydrogen-bond donors (Lipinski definition) is 0. The Morgan fingerprint density at radius 3 is 2.67 bits per heavy atom. The Kier molecular flexibility index (Phi) is 3.07. The van der Waals surface area contributed by atoms with Gasteiger partial charge in [-0.2, -0.15) is 5.10 Å². The van der Waals surface area contributed by atoms with E-state index in [1.807, 2.05) is 17.9 Å². The van der Waals surface area contributed by atoms with E-state index < -0.39 is 0 Å². The van der Waals surface area contributed by atoms with Gasteiger partial charge < -0.3 is 4.74 Å². The summed E-state index contributed by atoms with van der Waals surface area (Å²) >= 11 is 0. The van der Waals surface area contributed by atoms with Gasteiger partial charge in [0.15, 0.2) is 0 Å². The van der Waals surface area contributed by atoms with Gasteiger partial charge in [0, 0.05) is 31.3 Å². The number of cyclic esters (lactones) is 1. The van der Waals surface area contributed by atoms with Gasteiger partial charge in [-0.3, -0.25) is 14.4 Å². The lowest BCUT2D eigenvalue weighted by Crippen LogP contribution is -2.43. The molecule has 2 fully saturated rings. The molecule has 1 aromatic rings. The summed E-state index contributed by atoms with van der Waals surface area (Å²) in [5.41, 5.74) is 1.31. The van der Waals surface area contributed by atoms with Crippen LogP contribution in [0.25, 0.3) is 0 Å². The SMILES string of the molecule is Cn1nccc1C1CCN([C@@H]2CCOC2=O)CC1. The maximum atomic E-state index is 11.6. The number of carbonyl (C=O) groups excluding carboxylic acids is 1. The standard InChI is InChI=1S/C13H19N3O2/c1-15-11(2-6-14-15)10-3-7-16(8-4-10)12-5-9-18-13(12)17/h2,6,10,12H,3-5,7-9H2,1H3/t12-/m1/s1. The van der Waals surface area contributed by atoms with E-state index in [0.717, 1.165) is 32.4 Å². The third kappa shape index (κ3) is 2.03. The highest BCUT2D eigenvalue weighted by atomic mass is 16.5. The quantitative estimate of drug-likeness (QED) is 0.731. The van der Waals surface area contributed by atoms with Crippen LogP contribution in [-0.4, -0.2) is 46.4 Å². The minimum atomic E-state index is -0.0333. The lowest BCUT2D eigenvalue weighted by atomic mass is 9.92. The van der Waals surface area contributed by atoms with Gasteiger partial charge in [-0.25, -0.2) is 0 Å². The lowest BCUT2D eigenvalue weighted by Gasteiger charge is -2.34. The molecular formula is C13H19N3O2. The van der Waals surface area contributed by atoms with Gasteiger partial charge in [0.1, 0.15) is 6.04 Å². The van der Waals surface area contributed by atoms with Crippen molar-refractivity contribution in [3.63, 3.8) is 0 Å². The van der Waals surface area contributed by atoms with Gasteiger partial charge >= 0.3 is 5.97 Å². The molecule has 3 heterocycles. The first-order chi connectivity index (χ1) is 8.75. The van der Waals surface area contributed by atoms with E-state index >= 15 is 0 Å². The molecule has 1 atom stereocenters. The molecule has 2 aliphatic heterocycles. The van der Waals surface area contributed by atoms with Gasteiger partial charge in [-0.05, 0) is 32.0 Å². The minimum Gasteiger partial charge on any atom is -0.464 e. The Morgan fingerprint density at radius 1 is 1.33 bits per heavy atom. The maximum Gasteiger partial charge on any atom is 0.323 e. The van der Waals surface area contributed by atoms with Crippen molar-refractivity contribution in [2.75, 3.05) is 19.7 Å². The minimum absolute atomic E-state index is 0.0116. The topological polar surface area (TPSA) is 47.4 Å². The first-order valence-electron chi connectivity index (χ1n) is 6.64. The number of aryl methyl sites for hydroxylation is 1. The van der Waals surface area contributed by atoms with E-state index in [1.165, 1.54) is 5.69 Å². The summed E-state index contributed by atoms with van der Waals surface area (Å²) in [5, 5.41) is 4.23. The van der Waals surface area contributed by atoms with Crippen molar-refractivity contribution in [2.24, 2.45) is 7.05 Å². The van der Waals surface area contributed by atoms with Crippen LogP contribution in [0.1, 0.15) is 30.9 Å². The molecule has 18 heavy (non-hydrogen) atoms. The Morgan fingerprint density at radius 2 is 2.11 bits per heavy atom. The number of aromatic nitrogens is 2. The van der Waals surface area contributed by atoms with Crippen molar-refractivity contribution in [1.29, 1.82) is 0 Å². The zero-order valence-corrected chi connectivity index (χ0v) is 10.7. The number of esters is 1. The molecule has 2 saturated heterocycles. The average Bonchev–Trinajstić information content (AvgIpc) is 2.98. The molecule has 0 aliphatic carbocycles. The van der Waals surface area contributed by atoms with Crippen molar-refractivity contribution < 1.29 is 9.53 Å². The predicted octanol–water partition coefficient (Wildman–Crippen LogP) is 0.915. The molecule has 0 radical (unpaired) electrons. The van der Waals surface area contributed by atoms with Crippen molar-refractivity contribution >= 4 is 5.97 Å². The molecule has 0 aromatic carbocycles. The van der Waals surface area contributed by atoms with Crippen molar-refractivity contribution in [2.45, 2.75) is 31.2 Å². The summed E-state index contributed by atoms with van der Waals surface area (Å²) in [5.74, 6) is 0.542. The molecule has 0 N–H and O–H groups in total. The number of piperidine rings is 1. The van der Waals surface area contributed by atoms with E-state index in [4.69, 9.17) is 4.74 Å². The predicted molar refractivity (Wildman–Crippen MR) is 66.1 cm³/mol. The van der Waals surface area contributed by atoms with Crippen molar-refractivity contribution in [3.8, 4) is 0 Å². The molecule has 1 aromatic heterocycles. The van der Waals surface area contributed by atoms with Crippen LogP contribution >= 0.6 is 0 Å².